The molecule has 0 spiro atoms. The fraction of sp³-hybridized carbons (Fsp3) is 0.471. The SMILES string of the molecule is OCc1ccc(C2=C(C3CCCC3)CCC2=NO)cc1. The minimum absolute atomic E-state index is 0.0652. The molecule has 0 atom stereocenters. The molecule has 0 saturated heterocycles. The molecule has 0 amide bonds. The Labute approximate surface area is 119 Å². The second kappa shape index (κ2) is 5.80. The van der Waals surface area contributed by atoms with Gasteiger partial charge in [-0.1, -0.05) is 47.8 Å². The van der Waals surface area contributed by atoms with Gasteiger partial charge < -0.3 is 10.3 Å². The highest BCUT2D eigenvalue weighted by molar-refractivity contribution is 6.26. The number of allylic oxidation sites excluding steroid dienone is 2. The maximum absolute atomic E-state index is 9.27. The van der Waals surface area contributed by atoms with Gasteiger partial charge in [-0.2, -0.15) is 0 Å². The fourth-order valence-corrected chi connectivity index (χ4v) is 3.60. The van der Waals surface area contributed by atoms with Crippen LogP contribution < -0.4 is 0 Å². The van der Waals surface area contributed by atoms with Crippen molar-refractivity contribution in [3.8, 4) is 0 Å². The van der Waals surface area contributed by atoms with Crippen molar-refractivity contribution < 1.29 is 10.3 Å². The first-order chi connectivity index (χ1) is 9.83. The van der Waals surface area contributed by atoms with Crippen molar-refractivity contribution in [3.05, 3.63) is 41.0 Å². The van der Waals surface area contributed by atoms with Crippen LogP contribution >= 0.6 is 0 Å². The van der Waals surface area contributed by atoms with Gasteiger partial charge in [0.1, 0.15) is 0 Å². The molecule has 3 nitrogen and oxygen atoms in total. The van der Waals surface area contributed by atoms with Crippen molar-refractivity contribution in [2.45, 2.75) is 45.1 Å². The summed E-state index contributed by atoms with van der Waals surface area (Å²) in [7, 11) is 0. The summed E-state index contributed by atoms with van der Waals surface area (Å²) in [5, 5.41) is 21.9. The quantitative estimate of drug-likeness (QED) is 0.650. The molecule has 0 radical (unpaired) electrons. The molecule has 1 aromatic carbocycles. The van der Waals surface area contributed by atoms with Crippen LogP contribution in [0.2, 0.25) is 0 Å². The highest BCUT2D eigenvalue weighted by Crippen LogP contribution is 2.42. The number of aliphatic hydroxyl groups excluding tert-OH is 1. The zero-order valence-corrected chi connectivity index (χ0v) is 11.7. The van der Waals surface area contributed by atoms with Crippen molar-refractivity contribution in [1.29, 1.82) is 0 Å². The Morgan fingerprint density at radius 2 is 1.75 bits per heavy atom. The molecule has 0 aliphatic heterocycles. The van der Waals surface area contributed by atoms with Gasteiger partial charge in [0.05, 0.1) is 12.3 Å². The number of oxime groups is 1. The Kier molecular flexibility index (Phi) is 3.88. The normalized spacial score (nSPS) is 22.1. The summed E-state index contributed by atoms with van der Waals surface area (Å²) in [5.41, 5.74) is 5.49. The molecule has 3 rings (SSSR count). The largest absolute Gasteiger partial charge is 0.411 e. The second-order valence-electron chi connectivity index (χ2n) is 5.78. The molecule has 20 heavy (non-hydrogen) atoms. The lowest BCUT2D eigenvalue weighted by Gasteiger charge is -2.14. The highest BCUT2D eigenvalue weighted by atomic mass is 16.4. The van der Waals surface area contributed by atoms with Crippen LogP contribution in [0.3, 0.4) is 0 Å². The smallest absolute Gasteiger partial charge is 0.0876 e. The van der Waals surface area contributed by atoms with Crippen LogP contribution in [0.1, 0.15) is 49.7 Å². The maximum atomic E-state index is 9.27. The maximum Gasteiger partial charge on any atom is 0.0876 e. The predicted octanol–water partition coefficient (Wildman–Crippen LogP) is 3.75. The number of hydrogen-bond acceptors (Lipinski definition) is 3. The first kappa shape index (κ1) is 13.4. The minimum Gasteiger partial charge on any atom is -0.411 e. The Hall–Kier alpha value is -1.61. The first-order valence-electron chi connectivity index (χ1n) is 7.48. The molecule has 2 aliphatic rings. The van der Waals surface area contributed by atoms with Crippen molar-refractivity contribution in [2.75, 3.05) is 0 Å². The lowest BCUT2D eigenvalue weighted by molar-refractivity contribution is 0.282. The van der Waals surface area contributed by atoms with Gasteiger partial charge in [-0.25, -0.2) is 0 Å². The Morgan fingerprint density at radius 3 is 2.35 bits per heavy atom. The topological polar surface area (TPSA) is 52.8 Å². The summed E-state index contributed by atoms with van der Waals surface area (Å²) >= 11 is 0. The van der Waals surface area contributed by atoms with Crippen LogP contribution in [0, 0.1) is 5.92 Å². The second-order valence-corrected chi connectivity index (χ2v) is 5.78. The number of rotatable bonds is 3. The van der Waals surface area contributed by atoms with E-state index in [9.17, 15) is 5.21 Å². The first-order valence-corrected chi connectivity index (χ1v) is 7.48. The van der Waals surface area contributed by atoms with Gasteiger partial charge >= 0.3 is 0 Å². The van der Waals surface area contributed by atoms with Crippen LogP contribution in [-0.4, -0.2) is 16.0 Å². The van der Waals surface area contributed by atoms with Crippen LogP contribution in [-0.2, 0) is 6.61 Å². The number of benzene rings is 1. The molecule has 0 unspecified atom stereocenters. The summed E-state index contributed by atoms with van der Waals surface area (Å²) in [6.45, 7) is 0.0652. The van der Waals surface area contributed by atoms with E-state index < -0.39 is 0 Å². The van der Waals surface area contributed by atoms with E-state index in [1.165, 1.54) is 31.3 Å². The van der Waals surface area contributed by atoms with E-state index in [0.29, 0.717) is 5.92 Å². The fourth-order valence-electron chi connectivity index (χ4n) is 3.60. The van der Waals surface area contributed by atoms with E-state index in [1.54, 1.807) is 0 Å². The van der Waals surface area contributed by atoms with E-state index in [0.717, 1.165) is 35.3 Å². The standard InChI is InChI=1S/C17H21NO2/c19-11-12-5-7-14(8-6-12)17-15(9-10-16(17)18-20)13-3-1-2-4-13/h5-8,13,19-20H,1-4,9-11H2. The van der Waals surface area contributed by atoms with E-state index in [4.69, 9.17) is 5.11 Å². The molecule has 0 aromatic heterocycles. The molecule has 0 heterocycles. The Bertz CT molecular complexity index is 537. The van der Waals surface area contributed by atoms with Gasteiger partial charge in [-0.3, -0.25) is 0 Å². The molecule has 3 heteroatoms. The molecule has 106 valence electrons. The molecule has 2 aliphatic carbocycles. The number of aliphatic hydroxyl groups is 1. The highest BCUT2D eigenvalue weighted by Gasteiger charge is 2.29. The third-order valence-electron chi connectivity index (χ3n) is 4.63. The van der Waals surface area contributed by atoms with Crippen molar-refractivity contribution >= 4 is 11.3 Å². The van der Waals surface area contributed by atoms with Crippen LogP contribution in [0.25, 0.3) is 5.57 Å². The Balaban J connectivity index is 2.01. The molecule has 2 N–H and O–H groups in total. The van der Waals surface area contributed by atoms with E-state index >= 15 is 0 Å². The molecular formula is C17H21NO2. The van der Waals surface area contributed by atoms with Crippen LogP contribution in [0.5, 0.6) is 0 Å². The summed E-state index contributed by atoms with van der Waals surface area (Å²) in [6.07, 6.45) is 7.05. The van der Waals surface area contributed by atoms with Gasteiger partial charge in [0.15, 0.2) is 0 Å². The lowest BCUT2D eigenvalue weighted by atomic mass is 9.91. The number of nitrogens with zero attached hydrogens (tertiary/aromatic N) is 1. The van der Waals surface area contributed by atoms with Crippen LogP contribution in [0.15, 0.2) is 35.0 Å². The third-order valence-corrected chi connectivity index (χ3v) is 4.63. The Morgan fingerprint density at radius 1 is 1.05 bits per heavy atom. The van der Waals surface area contributed by atoms with Gasteiger partial charge in [-0.05, 0) is 42.7 Å². The average Bonchev–Trinajstić information content (AvgIpc) is 3.15. The van der Waals surface area contributed by atoms with Crippen molar-refractivity contribution in [1.82, 2.24) is 0 Å². The molecular weight excluding hydrogens is 250 g/mol. The van der Waals surface area contributed by atoms with Gasteiger partial charge in [0.2, 0.25) is 0 Å². The molecule has 0 bridgehead atoms. The lowest BCUT2D eigenvalue weighted by Crippen LogP contribution is -2.02. The zero-order valence-electron chi connectivity index (χ0n) is 11.7. The van der Waals surface area contributed by atoms with Crippen molar-refractivity contribution in [2.24, 2.45) is 11.1 Å². The van der Waals surface area contributed by atoms with E-state index in [2.05, 4.69) is 5.16 Å². The summed E-state index contributed by atoms with van der Waals surface area (Å²) < 4.78 is 0. The summed E-state index contributed by atoms with van der Waals surface area (Å²) in [4.78, 5) is 0. The minimum atomic E-state index is 0.0652. The van der Waals surface area contributed by atoms with Gasteiger partial charge in [0.25, 0.3) is 0 Å². The monoisotopic (exact) mass is 271 g/mol. The van der Waals surface area contributed by atoms with E-state index in [1.807, 2.05) is 24.3 Å². The van der Waals surface area contributed by atoms with Gasteiger partial charge in [0, 0.05) is 5.57 Å². The molecule has 1 fully saturated rings. The zero-order chi connectivity index (χ0) is 13.9. The van der Waals surface area contributed by atoms with Crippen LogP contribution in [0.4, 0.5) is 0 Å². The van der Waals surface area contributed by atoms with Gasteiger partial charge in [-0.15, -0.1) is 0 Å². The number of hydrogen-bond donors (Lipinski definition) is 2. The average molecular weight is 271 g/mol. The predicted molar refractivity (Wildman–Crippen MR) is 79.7 cm³/mol. The molecule has 1 aromatic rings. The third kappa shape index (κ3) is 2.38. The van der Waals surface area contributed by atoms with Crippen molar-refractivity contribution in [3.63, 3.8) is 0 Å². The molecule has 1 saturated carbocycles. The summed E-state index contributed by atoms with van der Waals surface area (Å²) in [5.74, 6) is 0.668. The summed E-state index contributed by atoms with van der Waals surface area (Å²) in [6, 6.07) is 7.96. The van der Waals surface area contributed by atoms with E-state index in [-0.39, 0.29) is 6.61 Å².